The van der Waals surface area contributed by atoms with Gasteiger partial charge in [0.15, 0.2) is 16.6 Å². The second-order valence-corrected chi connectivity index (χ2v) is 8.16. The number of thiazole rings is 1. The highest BCUT2D eigenvalue weighted by molar-refractivity contribution is 7.22. The van der Waals surface area contributed by atoms with Crippen molar-refractivity contribution in [3.63, 3.8) is 0 Å². The van der Waals surface area contributed by atoms with Gasteiger partial charge in [0.25, 0.3) is 0 Å². The van der Waals surface area contributed by atoms with E-state index in [1.165, 1.54) is 12.8 Å². The summed E-state index contributed by atoms with van der Waals surface area (Å²) in [5.41, 5.74) is 0.793. The van der Waals surface area contributed by atoms with Crippen LogP contribution in [-0.2, 0) is 0 Å². The van der Waals surface area contributed by atoms with Gasteiger partial charge in [0, 0.05) is 19.1 Å². The molecule has 0 spiro atoms. The maximum atomic E-state index is 12.7. The average Bonchev–Trinajstić information content (AvgIpc) is 3.05. The summed E-state index contributed by atoms with van der Waals surface area (Å²) in [6.45, 7) is 2.24. The van der Waals surface area contributed by atoms with Crippen molar-refractivity contribution in [1.29, 1.82) is 0 Å². The van der Waals surface area contributed by atoms with E-state index in [2.05, 4.69) is 10.2 Å². The van der Waals surface area contributed by atoms with Gasteiger partial charge < -0.3 is 14.8 Å². The number of benzene rings is 1. The van der Waals surface area contributed by atoms with E-state index in [0.717, 1.165) is 46.6 Å². The molecule has 1 N–H and O–H groups in total. The zero-order chi connectivity index (χ0) is 16.5. The molecule has 6 rings (SSSR count). The van der Waals surface area contributed by atoms with Crippen molar-refractivity contribution in [3.8, 4) is 11.5 Å². The molecule has 2 amide bonds. The van der Waals surface area contributed by atoms with Gasteiger partial charge in [0.2, 0.25) is 6.79 Å². The van der Waals surface area contributed by atoms with Crippen molar-refractivity contribution >= 4 is 32.7 Å². The lowest BCUT2D eigenvalue weighted by Gasteiger charge is -2.36. The van der Waals surface area contributed by atoms with Crippen LogP contribution < -0.4 is 19.7 Å². The molecule has 2 unspecified atom stereocenters. The van der Waals surface area contributed by atoms with Crippen LogP contribution in [0.25, 0.3) is 10.2 Å². The number of rotatable bonds is 2. The van der Waals surface area contributed by atoms with E-state index in [1.54, 1.807) is 11.3 Å². The topological polar surface area (TPSA) is 66.9 Å². The molecule has 1 aromatic carbocycles. The molecule has 1 aromatic heterocycles. The van der Waals surface area contributed by atoms with E-state index in [9.17, 15) is 4.79 Å². The Morgan fingerprint density at radius 1 is 1.24 bits per heavy atom. The molecule has 1 saturated carbocycles. The summed E-state index contributed by atoms with van der Waals surface area (Å²) < 4.78 is 12.0. The second-order valence-electron chi connectivity index (χ2n) is 7.15. The summed E-state index contributed by atoms with van der Waals surface area (Å²) in [5.74, 6) is 1.42. The van der Waals surface area contributed by atoms with Crippen LogP contribution in [0.5, 0.6) is 11.5 Å². The van der Waals surface area contributed by atoms with E-state index in [4.69, 9.17) is 14.5 Å². The van der Waals surface area contributed by atoms with Crippen molar-refractivity contribution < 1.29 is 14.3 Å². The van der Waals surface area contributed by atoms with Crippen LogP contribution in [0.4, 0.5) is 9.93 Å². The van der Waals surface area contributed by atoms with Crippen LogP contribution in [0.15, 0.2) is 12.1 Å². The Morgan fingerprint density at radius 3 is 3.04 bits per heavy atom. The second kappa shape index (κ2) is 4.98. The molecule has 2 aromatic rings. The Hall–Kier alpha value is -2.06. The molecule has 3 fully saturated rings. The van der Waals surface area contributed by atoms with Crippen LogP contribution in [-0.4, -0.2) is 53.9 Å². The fourth-order valence-electron chi connectivity index (χ4n) is 4.21. The minimum Gasteiger partial charge on any atom is -0.454 e. The van der Waals surface area contributed by atoms with Crippen LogP contribution in [0.1, 0.15) is 19.3 Å². The number of hydrogen-bond acceptors (Lipinski definition) is 6. The third-order valence-electron chi connectivity index (χ3n) is 5.63. The number of aromatic nitrogens is 1. The number of nitrogens with one attached hydrogen (secondary N) is 1. The quantitative estimate of drug-likeness (QED) is 0.891. The smallest absolute Gasteiger partial charge is 0.324 e. The number of anilines is 1. The summed E-state index contributed by atoms with van der Waals surface area (Å²) in [5, 5.41) is 3.90. The minimum absolute atomic E-state index is 0.0273. The number of piperidine rings is 1. The number of ether oxygens (including phenoxy) is 2. The van der Waals surface area contributed by atoms with E-state index in [1.807, 2.05) is 17.0 Å². The van der Waals surface area contributed by atoms with Gasteiger partial charge >= 0.3 is 6.03 Å². The van der Waals surface area contributed by atoms with Gasteiger partial charge in [-0.1, -0.05) is 11.3 Å². The normalized spacial score (nSPS) is 28.5. The van der Waals surface area contributed by atoms with Crippen LogP contribution in [0.3, 0.4) is 0 Å². The molecular weight excluding hydrogens is 340 g/mol. The summed E-state index contributed by atoms with van der Waals surface area (Å²) in [6, 6.07) is 4.98. The minimum atomic E-state index is -0.0273. The number of hydrogen-bond donors (Lipinski definition) is 1. The fourth-order valence-corrected chi connectivity index (χ4v) is 5.23. The van der Waals surface area contributed by atoms with Crippen molar-refractivity contribution in [2.24, 2.45) is 0 Å². The standard InChI is InChI=1S/C17H18N4O3S/c22-16-18-10-5-6-20(9-1-2-9)7-11(10)21(16)17-19-14-13(25-17)4-3-12-15(14)24-8-23-12/h3-4,9-11H,1-2,5-8H2,(H,18,22). The van der Waals surface area contributed by atoms with Crippen molar-refractivity contribution in [2.45, 2.75) is 37.4 Å². The molecule has 0 radical (unpaired) electrons. The van der Waals surface area contributed by atoms with Gasteiger partial charge in [-0.25, -0.2) is 9.78 Å². The first-order chi connectivity index (χ1) is 12.3. The zero-order valence-corrected chi connectivity index (χ0v) is 14.4. The van der Waals surface area contributed by atoms with Gasteiger partial charge in [-0.15, -0.1) is 0 Å². The van der Waals surface area contributed by atoms with Gasteiger partial charge in [-0.2, -0.15) is 0 Å². The number of urea groups is 1. The lowest BCUT2D eigenvalue weighted by molar-refractivity contribution is 0.174. The average molecular weight is 358 g/mol. The number of amides is 2. The van der Waals surface area contributed by atoms with Crippen LogP contribution >= 0.6 is 11.3 Å². The molecule has 0 bridgehead atoms. The Labute approximate surface area is 148 Å². The SMILES string of the molecule is O=C1NC2CCN(C3CC3)CC2N1c1nc2c3c(ccc2s1)OCO3. The fraction of sp³-hybridized carbons (Fsp3) is 0.529. The first kappa shape index (κ1) is 14.1. The third kappa shape index (κ3) is 2.07. The van der Waals surface area contributed by atoms with E-state index in [-0.39, 0.29) is 24.9 Å². The summed E-state index contributed by atoms with van der Waals surface area (Å²) in [4.78, 5) is 21.8. The highest BCUT2D eigenvalue weighted by atomic mass is 32.1. The highest BCUT2D eigenvalue weighted by Gasteiger charge is 2.47. The lowest BCUT2D eigenvalue weighted by atomic mass is 10.0. The number of nitrogens with zero attached hydrogens (tertiary/aromatic N) is 3. The molecule has 1 aliphatic carbocycles. The largest absolute Gasteiger partial charge is 0.454 e. The third-order valence-corrected chi connectivity index (χ3v) is 6.65. The Kier molecular flexibility index (Phi) is 2.82. The molecule has 4 aliphatic rings. The number of carbonyl (C=O) groups excluding carboxylic acids is 1. The Balaban J connectivity index is 1.39. The number of fused-ring (bicyclic) bond motifs is 4. The predicted molar refractivity (Wildman–Crippen MR) is 93.5 cm³/mol. The molecule has 25 heavy (non-hydrogen) atoms. The first-order valence-electron chi connectivity index (χ1n) is 8.81. The number of carbonyl (C=O) groups is 1. The predicted octanol–water partition coefficient (Wildman–Crippen LogP) is 2.16. The monoisotopic (exact) mass is 358 g/mol. The number of likely N-dealkylation sites (tertiary alicyclic amines) is 1. The van der Waals surface area contributed by atoms with Crippen molar-refractivity contribution in [1.82, 2.24) is 15.2 Å². The molecule has 2 atom stereocenters. The van der Waals surface area contributed by atoms with Gasteiger partial charge in [-0.05, 0) is 31.4 Å². The zero-order valence-electron chi connectivity index (χ0n) is 13.6. The molecular formula is C17H18N4O3S. The molecule has 130 valence electrons. The molecule has 2 saturated heterocycles. The van der Waals surface area contributed by atoms with E-state index < -0.39 is 0 Å². The summed E-state index contributed by atoms with van der Waals surface area (Å²) >= 11 is 1.55. The molecule has 7 nitrogen and oxygen atoms in total. The van der Waals surface area contributed by atoms with E-state index >= 15 is 0 Å². The van der Waals surface area contributed by atoms with Gasteiger partial charge in [0.05, 0.1) is 16.8 Å². The Bertz CT molecular complexity index is 880. The van der Waals surface area contributed by atoms with Gasteiger partial charge in [-0.3, -0.25) is 9.80 Å². The maximum Gasteiger partial charge on any atom is 0.324 e. The summed E-state index contributed by atoms with van der Waals surface area (Å²) in [6.07, 6.45) is 3.60. The Morgan fingerprint density at radius 2 is 2.16 bits per heavy atom. The molecule has 8 heteroatoms. The van der Waals surface area contributed by atoms with Crippen LogP contribution in [0, 0.1) is 0 Å². The van der Waals surface area contributed by atoms with Gasteiger partial charge in [0.1, 0.15) is 5.52 Å². The molecule has 4 heterocycles. The van der Waals surface area contributed by atoms with Crippen molar-refractivity contribution in [2.75, 3.05) is 24.8 Å². The maximum absolute atomic E-state index is 12.7. The van der Waals surface area contributed by atoms with E-state index in [0.29, 0.717) is 5.75 Å². The first-order valence-corrected chi connectivity index (χ1v) is 9.62. The molecule has 3 aliphatic heterocycles. The highest BCUT2D eigenvalue weighted by Crippen LogP contribution is 2.44. The van der Waals surface area contributed by atoms with Crippen LogP contribution in [0.2, 0.25) is 0 Å². The summed E-state index contributed by atoms with van der Waals surface area (Å²) in [7, 11) is 0. The van der Waals surface area contributed by atoms with Crippen molar-refractivity contribution in [3.05, 3.63) is 12.1 Å². The lowest BCUT2D eigenvalue weighted by Crippen LogP contribution is -2.52.